The van der Waals surface area contributed by atoms with Gasteiger partial charge in [0.25, 0.3) is 0 Å². The van der Waals surface area contributed by atoms with E-state index in [4.69, 9.17) is 4.74 Å². The van der Waals surface area contributed by atoms with Crippen LogP contribution >= 0.6 is 0 Å². The number of methoxy groups -OCH3 is 1. The van der Waals surface area contributed by atoms with E-state index in [1.807, 2.05) is 0 Å². The third-order valence-corrected chi connectivity index (χ3v) is 6.36. The Morgan fingerprint density at radius 1 is 1.07 bits per heavy atom. The lowest BCUT2D eigenvalue weighted by molar-refractivity contribution is -0.123. The first-order chi connectivity index (χ1) is 14.1. The molecule has 0 amide bonds. The van der Waals surface area contributed by atoms with Crippen molar-refractivity contribution in [1.29, 1.82) is 0 Å². The van der Waals surface area contributed by atoms with Gasteiger partial charge in [0.2, 0.25) is 0 Å². The van der Waals surface area contributed by atoms with Gasteiger partial charge in [-0.15, -0.1) is 0 Å². The molecule has 2 aliphatic heterocycles. The second-order valence-corrected chi connectivity index (χ2v) is 8.57. The zero-order chi connectivity index (χ0) is 20.2. The number of hydrogen-bond donors (Lipinski definition) is 0. The van der Waals surface area contributed by atoms with Crippen LogP contribution in [-0.4, -0.2) is 55.0 Å². The van der Waals surface area contributed by atoms with Crippen LogP contribution in [0.2, 0.25) is 0 Å². The van der Waals surface area contributed by atoms with Crippen molar-refractivity contribution >= 4 is 5.78 Å². The Hall–Kier alpha value is -2.01. The highest BCUT2D eigenvalue weighted by atomic mass is 16.5. The zero-order valence-corrected chi connectivity index (χ0v) is 17.7. The number of carbonyl (C=O) groups is 1. The van der Waals surface area contributed by atoms with Gasteiger partial charge < -0.3 is 9.64 Å². The van der Waals surface area contributed by atoms with E-state index in [9.17, 15) is 4.79 Å². The Bertz CT molecular complexity index is 846. The fourth-order valence-electron chi connectivity index (χ4n) is 4.67. The van der Waals surface area contributed by atoms with E-state index in [0.717, 1.165) is 32.1 Å². The molecule has 154 valence electrons. The van der Waals surface area contributed by atoms with Crippen molar-refractivity contribution in [2.45, 2.75) is 45.3 Å². The number of rotatable bonds is 8. The molecule has 1 saturated heterocycles. The largest absolute Gasteiger partial charge is 0.377 e. The molecule has 4 rings (SSSR count). The summed E-state index contributed by atoms with van der Waals surface area (Å²) < 4.78 is 4.95. The summed E-state index contributed by atoms with van der Waals surface area (Å²) in [4.78, 5) is 16.7. The highest BCUT2D eigenvalue weighted by Crippen LogP contribution is 2.29. The number of Topliss-reactive ketones (excluding diaryl/α,β-unsaturated/α-hetero) is 1. The summed E-state index contributed by atoms with van der Waals surface area (Å²) in [6.07, 6.45) is 3.81. The second kappa shape index (κ2) is 9.21. The summed E-state index contributed by atoms with van der Waals surface area (Å²) in [5, 5.41) is 0. The van der Waals surface area contributed by atoms with Crippen LogP contribution in [0.4, 0.5) is 0 Å². The molecule has 0 aliphatic carbocycles. The number of nitrogens with zero attached hydrogens (tertiary/aromatic N) is 2. The quantitative estimate of drug-likeness (QED) is 0.682. The van der Waals surface area contributed by atoms with E-state index in [1.54, 1.807) is 7.11 Å². The predicted octanol–water partition coefficient (Wildman–Crippen LogP) is 3.91. The lowest BCUT2D eigenvalue weighted by atomic mass is 9.99. The minimum Gasteiger partial charge on any atom is -0.377 e. The molecule has 2 heterocycles. The zero-order valence-electron chi connectivity index (χ0n) is 17.7. The Labute approximate surface area is 174 Å². The summed E-state index contributed by atoms with van der Waals surface area (Å²) in [7, 11) is 1.57. The Morgan fingerprint density at radius 3 is 2.55 bits per heavy atom. The first kappa shape index (κ1) is 20.3. The molecule has 0 aromatic heterocycles. The van der Waals surface area contributed by atoms with E-state index >= 15 is 0 Å². The van der Waals surface area contributed by atoms with Gasteiger partial charge in [-0.05, 0) is 66.6 Å². The molecule has 2 aromatic carbocycles. The standard InChI is InChI=1S/C25H32N2O2/c1-19-4-3-12-27(19)13-11-20-5-7-21(8-6-20)22-9-10-23-15-26(16-24(23)14-22)17-25(28)18-29-2/h5-10,14,19H,3-4,11-13,15-18H2,1-2H3. The molecule has 4 nitrogen and oxygen atoms in total. The number of ether oxygens (including phenoxy) is 1. The van der Waals surface area contributed by atoms with E-state index < -0.39 is 0 Å². The average Bonchev–Trinajstić information content (AvgIpc) is 3.31. The molecule has 0 saturated carbocycles. The minimum absolute atomic E-state index is 0.138. The lowest BCUT2D eigenvalue weighted by Crippen LogP contribution is -2.28. The highest BCUT2D eigenvalue weighted by molar-refractivity contribution is 5.81. The molecule has 0 N–H and O–H groups in total. The van der Waals surface area contributed by atoms with Crippen LogP contribution in [0, 0.1) is 0 Å². The van der Waals surface area contributed by atoms with Crippen molar-refractivity contribution in [3.63, 3.8) is 0 Å². The maximum atomic E-state index is 11.9. The second-order valence-electron chi connectivity index (χ2n) is 8.57. The summed E-state index contributed by atoms with van der Waals surface area (Å²) in [5.74, 6) is 0.138. The number of ketones is 1. The minimum atomic E-state index is 0.138. The van der Waals surface area contributed by atoms with Gasteiger partial charge in [0.1, 0.15) is 6.61 Å². The Kier molecular flexibility index (Phi) is 6.43. The van der Waals surface area contributed by atoms with Crippen LogP contribution < -0.4 is 0 Å². The third-order valence-electron chi connectivity index (χ3n) is 6.36. The van der Waals surface area contributed by atoms with Crippen molar-refractivity contribution in [1.82, 2.24) is 9.80 Å². The van der Waals surface area contributed by atoms with E-state index in [0.29, 0.717) is 6.54 Å². The SMILES string of the molecule is COCC(=O)CN1Cc2ccc(-c3ccc(CCN4CCCC4C)cc3)cc2C1. The Balaban J connectivity index is 1.37. The molecular weight excluding hydrogens is 360 g/mol. The molecule has 0 radical (unpaired) electrons. The number of likely N-dealkylation sites (tertiary alicyclic amines) is 1. The fraction of sp³-hybridized carbons (Fsp3) is 0.480. The van der Waals surface area contributed by atoms with Gasteiger partial charge in [-0.1, -0.05) is 36.4 Å². The van der Waals surface area contributed by atoms with Crippen molar-refractivity contribution in [2.75, 3.05) is 33.4 Å². The van der Waals surface area contributed by atoms with E-state index in [-0.39, 0.29) is 12.4 Å². The first-order valence-electron chi connectivity index (χ1n) is 10.8. The van der Waals surface area contributed by atoms with Crippen LogP contribution in [0.5, 0.6) is 0 Å². The molecule has 2 aromatic rings. The topological polar surface area (TPSA) is 32.8 Å². The molecule has 1 unspecified atom stereocenters. The maximum Gasteiger partial charge on any atom is 0.172 e. The van der Waals surface area contributed by atoms with Gasteiger partial charge in [0.15, 0.2) is 5.78 Å². The molecule has 1 atom stereocenters. The highest BCUT2D eigenvalue weighted by Gasteiger charge is 2.21. The fourth-order valence-corrected chi connectivity index (χ4v) is 4.67. The van der Waals surface area contributed by atoms with E-state index in [1.165, 1.54) is 47.2 Å². The molecule has 0 spiro atoms. The van der Waals surface area contributed by atoms with Crippen LogP contribution in [0.25, 0.3) is 11.1 Å². The molecule has 29 heavy (non-hydrogen) atoms. The average molecular weight is 393 g/mol. The summed E-state index contributed by atoms with van der Waals surface area (Å²) in [5.41, 5.74) is 6.60. The summed E-state index contributed by atoms with van der Waals surface area (Å²) in [6, 6.07) is 16.5. The smallest absolute Gasteiger partial charge is 0.172 e. The number of hydrogen-bond acceptors (Lipinski definition) is 4. The van der Waals surface area contributed by atoms with Crippen molar-refractivity contribution in [3.8, 4) is 11.1 Å². The molecule has 2 aliphatic rings. The Morgan fingerprint density at radius 2 is 1.83 bits per heavy atom. The number of benzene rings is 2. The van der Waals surface area contributed by atoms with Gasteiger partial charge in [-0.3, -0.25) is 9.69 Å². The third kappa shape index (κ3) is 4.95. The molecular formula is C25H32N2O2. The lowest BCUT2D eigenvalue weighted by Gasteiger charge is -2.20. The normalized spacial score (nSPS) is 19.6. The molecule has 1 fully saturated rings. The number of carbonyl (C=O) groups excluding carboxylic acids is 1. The summed E-state index contributed by atoms with van der Waals surface area (Å²) in [6.45, 7) is 7.10. The van der Waals surface area contributed by atoms with Gasteiger partial charge in [-0.25, -0.2) is 0 Å². The molecule has 0 bridgehead atoms. The van der Waals surface area contributed by atoms with Crippen LogP contribution in [-0.2, 0) is 29.0 Å². The van der Waals surface area contributed by atoms with Gasteiger partial charge in [-0.2, -0.15) is 0 Å². The van der Waals surface area contributed by atoms with Crippen LogP contribution in [0.1, 0.15) is 36.5 Å². The first-order valence-corrected chi connectivity index (χ1v) is 10.8. The van der Waals surface area contributed by atoms with E-state index in [2.05, 4.69) is 59.2 Å². The van der Waals surface area contributed by atoms with Gasteiger partial charge >= 0.3 is 0 Å². The molecule has 4 heteroatoms. The maximum absolute atomic E-state index is 11.9. The monoisotopic (exact) mass is 392 g/mol. The van der Waals surface area contributed by atoms with Crippen molar-refractivity contribution < 1.29 is 9.53 Å². The van der Waals surface area contributed by atoms with Crippen LogP contribution in [0.15, 0.2) is 42.5 Å². The summed E-state index contributed by atoms with van der Waals surface area (Å²) >= 11 is 0. The van der Waals surface area contributed by atoms with Crippen molar-refractivity contribution in [2.24, 2.45) is 0 Å². The van der Waals surface area contributed by atoms with Gasteiger partial charge in [0.05, 0.1) is 6.54 Å². The van der Waals surface area contributed by atoms with Crippen LogP contribution in [0.3, 0.4) is 0 Å². The van der Waals surface area contributed by atoms with Crippen molar-refractivity contribution in [3.05, 3.63) is 59.2 Å². The predicted molar refractivity (Wildman–Crippen MR) is 117 cm³/mol. The number of fused-ring (bicyclic) bond motifs is 1. The van der Waals surface area contributed by atoms with Gasteiger partial charge in [0, 0.05) is 32.8 Å².